The summed E-state index contributed by atoms with van der Waals surface area (Å²) >= 11 is 0. The van der Waals surface area contributed by atoms with E-state index < -0.39 is 20.0 Å². The third kappa shape index (κ3) is 6.83. The highest BCUT2D eigenvalue weighted by Crippen LogP contribution is 2.22. The summed E-state index contributed by atoms with van der Waals surface area (Å²) in [5.41, 5.74) is 0.744. The van der Waals surface area contributed by atoms with Gasteiger partial charge in [-0.25, -0.2) is 21.6 Å². The van der Waals surface area contributed by atoms with Crippen LogP contribution in [0.4, 0.5) is 0 Å². The molecule has 1 aliphatic heterocycles. The van der Waals surface area contributed by atoms with Crippen LogP contribution in [0.5, 0.6) is 5.75 Å². The third-order valence-electron chi connectivity index (χ3n) is 6.20. The van der Waals surface area contributed by atoms with Crippen LogP contribution >= 0.6 is 0 Å². The van der Waals surface area contributed by atoms with E-state index in [0.717, 1.165) is 31.2 Å². The van der Waals surface area contributed by atoms with Gasteiger partial charge in [-0.3, -0.25) is 4.79 Å². The van der Waals surface area contributed by atoms with E-state index in [4.69, 9.17) is 9.47 Å². The molecule has 1 saturated carbocycles. The fraction of sp³-hybridized carbons (Fsp3) is 0.458. The molecule has 1 saturated heterocycles. The van der Waals surface area contributed by atoms with E-state index in [2.05, 4.69) is 10.0 Å². The summed E-state index contributed by atoms with van der Waals surface area (Å²) in [5, 5.41) is 2.72. The quantitative estimate of drug-likeness (QED) is 0.471. The molecular formula is C24H31N3O7S2. The molecule has 2 aromatic rings. The van der Waals surface area contributed by atoms with E-state index in [1.54, 1.807) is 12.1 Å². The lowest BCUT2D eigenvalue weighted by atomic mass is 10.2. The topological polar surface area (TPSA) is 131 Å². The Labute approximate surface area is 212 Å². The standard InChI is InChI=1S/C24H31N3O7S2/c28-24(18-34-21-7-11-22(12-8-21)35(29,30)26-20-3-1-2-4-20)25-17-19-5-9-23(10-6-19)36(31,32)27-13-15-33-16-14-27/h5-12,20,26H,1-4,13-18H2,(H,25,28). The molecule has 0 atom stereocenters. The van der Waals surface area contributed by atoms with Crippen LogP contribution in [0.3, 0.4) is 0 Å². The Morgan fingerprint density at radius 3 is 2.17 bits per heavy atom. The Kier molecular flexibility index (Phi) is 8.62. The van der Waals surface area contributed by atoms with E-state index in [1.807, 2.05) is 0 Å². The summed E-state index contributed by atoms with van der Waals surface area (Å²) in [5.74, 6) is 0.0160. The number of benzene rings is 2. The molecule has 0 radical (unpaired) electrons. The van der Waals surface area contributed by atoms with Crippen molar-refractivity contribution in [3.8, 4) is 5.75 Å². The molecule has 36 heavy (non-hydrogen) atoms. The third-order valence-corrected chi connectivity index (χ3v) is 9.65. The van der Waals surface area contributed by atoms with Gasteiger partial charge in [-0.05, 0) is 54.8 Å². The van der Waals surface area contributed by atoms with Gasteiger partial charge >= 0.3 is 0 Å². The monoisotopic (exact) mass is 537 g/mol. The first-order chi connectivity index (χ1) is 17.2. The SMILES string of the molecule is O=C(COc1ccc(S(=O)(=O)NC2CCCC2)cc1)NCc1ccc(S(=O)(=O)N2CCOCC2)cc1. The van der Waals surface area contributed by atoms with Crippen LogP contribution in [0, 0.1) is 0 Å². The lowest BCUT2D eigenvalue weighted by Crippen LogP contribution is -2.40. The van der Waals surface area contributed by atoms with Crippen LogP contribution in [0.25, 0.3) is 0 Å². The Morgan fingerprint density at radius 2 is 1.53 bits per heavy atom. The highest BCUT2D eigenvalue weighted by molar-refractivity contribution is 7.89. The number of sulfonamides is 2. The van der Waals surface area contributed by atoms with Crippen LogP contribution in [0.15, 0.2) is 58.3 Å². The van der Waals surface area contributed by atoms with Crippen LogP contribution in [-0.4, -0.2) is 66.0 Å². The van der Waals surface area contributed by atoms with Crippen molar-refractivity contribution in [1.82, 2.24) is 14.3 Å². The highest BCUT2D eigenvalue weighted by atomic mass is 32.2. The summed E-state index contributed by atoms with van der Waals surface area (Å²) < 4.78 is 65.1. The van der Waals surface area contributed by atoms with Gasteiger partial charge in [0.1, 0.15) is 5.75 Å². The maximum atomic E-state index is 12.7. The van der Waals surface area contributed by atoms with Crippen LogP contribution in [0.2, 0.25) is 0 Å². The second-order valence-electron chi connectivity index (χ2n) is 8.80. The van der Waals surface area contributed by atoms with Gasteiger partial charge < -0.3 is 14.8 Å². The molecule has 12 heteroatoms. The molecule has 2 N–H and O–H groups in total. The van der Waals surface area contributed by atoms with Gasteiger partial charge in [-0.1, -0.05) is 25.0 Å². The summed E-state index contributed by atoms with van der Waals surface area (Å²) in [6, 6.07) is 12.3. The zero-order valence-corrected chi connectivity index (χ0v) is 21.5. The fourth-order valence-corrected chi connectivity index (χ4v) is 6.87. The van der Waals surface area contributed by atoms with Crippen molar-refractivity contribution in [3.63, 3.8) is 0 Å². The van der Waals surface area contributed by atoms with Crippen molar-refractivity contribution >= 4 is 26.0 Å². The van der Waals surface area contributed by atoms with Crippen LogP contribution in [0.1, 0.15) is 31.2 Å². The normalized spacial score (nSPS) is 17.7. The summed E-state index contributed by atoms with van der Waals surface area (Å²) in [6.45, 7) is 1.39. The van der Waals surface area contributed by atoms with Gasteiger partial charge in [-0.15, -0.1) is 0 Å². The van der Waals surface area contributed by atoms with Crippen LogP contribution in [-0.2, 0) is 36.1 Å². The number of nitrogens with one attached hydrogen (secondary N) is 2. The first-order valence-electron chi connectivity index (χ1n) is 11.9. The van der Waals surface area contributed by atoms with Gasteiger partial charge in [0.05, 0.1) is 23.0 Å². The van der Waals surface area contributed by atoms with Gasteiger partial charge in [0, 0.05) is 25.7 Å². The zero-order valence-electron chi connectivity index (χ0n) is 19.9. The average molecular weight is 538 g/mol. The van der Waals surface area contributed by atoms with Gasteiger partial charge in [0.15, 0.2) is 6.61 Å². The van der Waals surface area contributed by atoms with Gasteiger partial charge in [0.25, 0.3) is 5.91 Å². The lowest BCUT2D eigenvalue weighted by molar-refractivity contribution is -0.123. The van der Waals surface area contributed by atoms with Crippen molar-refractivity contribution in [2.24, 2.45) is 0 Å². The molecule has 2 aliphatic rings. The smallest absolute Gasteiger partial charge is 0.258 e. The van der Waals surface area contributed by atoms with Gasteiger partial charge in [0.2, 0.25) is 20.0 Å². The lowest BCUT2D eigenvalue weighted by Gasteiger charge is -2.26. The maximum absolute atomic E-state index is 12.7. The number of hydrogen-bond acceptors (Lipinski definition) is 7. The molecule has 2 aromatic carbocycles. The average Bonchev–Trinajstić information content (AvgIpc) is 3.39. The van der Waals surface area contributed by atoms with E-state index in [-0.39, 0.29) is 34.9 Å². The molecule has 1 amide bonds. The number of amides is 1. The minimum atomic E-state index is -3.58. The second kappa shape index (κ2) is 11.7. The molecule has 0 spiro atoms. The number of nitrogens with zero attached hydrogens (tertiary/aromatic N) is 1. The van der Waals surface area contributed by atoms with Crippen molar-refractivity contribution in [3.05, 3.63) is 54.1 Å². The van der Waals surface area contributed by atoms with Gasteiger partial charge in [-0.2, -0.15) is 4.31 Å². The molecule has 0 bridgehead atoms. The predicted octanol–water partition coefficient (Wildman–Crippen LogP) is 1.62. The van der Waals surface area contributed by atoms with Crippen molar-refractivity contribution in [2.45, 2.75) is 48.1 Å². The number of hydrogen-bond donors (Lipinski definition) is 2. The molecule has 10 nitrogen and oxygen atoms in total. The molecule has 4 rings (SSSR count). The summed E-state index contributed by atoms with van der Waals surface area (Å²) in [6.07, 6.45) is 3.77. The minimum Gasteiger partial charge on any atom is -0.484 e. The van der Waals surface area contributed by atoms with E-state index in [9.17, 15) is 21.6 Å². The van der Waals surface area contributed by atoms with E-state index >= 15 is 0 Å². The highest BCUT2D eigenvalue weighted by Gasteiger charge is 2.26. The summed E-state index contributed by atoms with van der Waals surface area (Å²) in [7, 11) is -7.14. The maximum Gasteiger partial charge on any atom is 0.258 e. The molecule has 1 aliphatic carbocycles. The van der Waals surface area contributed by atoms with Crippen LogP contribution < -0.4 is 14.8 Å². The number of carbonyl (C=O) groups is 1. The number of ether oxygens (including phenoxy) is 2. The molecule has 2 fully saturated rings. The Hall–Kier alpha value is -2.51. The number of rotatable bonds is 10. The molecule has 1 heterocycles. The number of carbonyl (C=O) groups excluding carboxylic acids is 1. The first-order valence-corrected chi connectivity index (χ1v) is 14.9. The Bertz CT molecular complexity index is 1240. The summed E-state index contributed by atoms with van der Waals surface area (Å²) in [4.78, 5) is 12.5. The molecular weight excluding hydrogens is 506 g/mol. The van der Waals surface area contributed by atoms with Crippen molar-refractivity contribution in [1.29, 1.82) is 0 Å². The molecule has 0 aromatic heterocycles. The van der Waals surface area contributed by atoms with E-state index in [1.165, 1.54) is 40.7 Å². The predicted molar refractivity (Wildman–Crippen MR) is 132 cm³/mol. The minimum absolute atomic E-state index is 0.0139. The Balaban J connectivity index is 1.23. The van der Waals surface area contributed by atoms with Crippen molar-refractivity contribution in [2.75, 3.05) is 32.9 Å². The fourth-order valence-electron chi connectivity index (χ4n) is 4.16. The Morgan fingerprint density at radius 1 is 0.917 bits per heavy atom. The molecule has 0 unspecified atom stereocenters. The first kappa shape index (κ1) is 26.6. The molecule has 196 valence electrons. The zero-order chi connectivity index (χ0) is 25.6. The largest absolute Gasteiger partial charge is 0.484 e. The second-order valence-corrected chi connectivity index (χ2v) is 12.5. The van der Waals surface area contributed by atoms with E-state index in [0.29, 0.717) is 32.1 Å². The number of morpholine rings is 1. The van der Waals surface area contributed by atoms with Crippen molar-refractivity contribution < 1.29 is 31.1 Å².